The Balaban J connectivity index is 1.74. The van der Waals surface area contributed by atoms with Crippen molar-refractivity contribution in [2.75, 3.05) is 32.1 Å². The lowest BCUT2D eigenvalue weighted by atomic mass is 9.94. The molecular formula is C17H21N5O2. The van der Waals surface area contributed by atoms with Crippen molar-refractivity contribution >= 4 is 11.7 Å². The van der Waals surface area contributed by atoms with Crippen molar-refractivity contribution in [1.29, 1.82) is 0 Å². The first-order chi connectivity index (χ1) is 11.5. The molecule has 7 heteroatoms. The van der Waals surface area contributed by atoms with Gasteiger partial charge in [0, 0.05) is 45.4 Å². The molecule has 0 unspecified atom stereocenters. The molecule has 2 aromatic heterocycles. The number of amides is 1. The minimum absolute atomic E-state index is 0.0256. The largest absolute Gasteiger partial charge is 0.363 e. The van der Waals surface area contributed by atoms with Crippen molar-refractivity contribution in [3.8, 4) is 0 Å². The van der Waals surface area contributed by atoms with Crippen molar-refractivity contribution in [3.63, 3.8) is 0 Å². The summed E-state index contributed by atoms with van der Waals surface area (Å²) in [6.07, 6.45) is 4.86. The third-order valence-corrected chi connectivity index (χ3v) is 4.28. The van der Waals surface area contributed by atoms with Gasteiger partial charge in [0.15, 0.2) is 0 Å². The Bertz CT molecular complexity index is 769. The first-order valence-corrected chi connectivity index (χ1v) is 8.02. The van der Waals surface area contributed by atoms with E-state index in [9.17, 15) is 9.59 Å². The molecule has 0 bridgehead atoms. The molecule has 1 aliphatic rings. The molecule has 2 aromatic rings. The average Bonchev–Trinajstić information content (AvgIpc) is 2.61. The summed E-state index contributed by atoms with van der Waals surface area (Å²) in [5.41, 5.74) is 1.17. The predicted molar refractivity (Wildman–Crippen MR) is 91.3 cm³/mol. The molecule has 3 rings (SSSR count). The summed E-state index contributed by atoms with van der Waals surface area (Å²) in [6, 6.07) is 5.17. The Morgan fingerprint density at radius 1 is 1.33 bits per heavy atom. The number of H-pyrrole nitrogens is 1. The van der Waals surface area contributed by atoms with Crippen LogP contribution in [0, 0.1) is 0 Å². The van der Waals surface area contributed by atoms with E-state index in [1.54, 1.807) is 12.3 Å². The summed E-state index contributed by atoms with van der Waals surface area (Å²) in [7, 11) is 3.82. The molecule has 1 atom stereocenters. The van der Waals surface area contributed by atoms with Crippen molar-refractivity contribution in [3.05, 3.63) is 52.3 Å². The van der Waals surface area contributed by atoms with Crippen molar-refractivity contribution in [1.82, 2.24) is 19.9 Å². The fourth-order valence-electron chi connectivity index (χ4n) is 2.97. The molecule has 0 spiro atoms. The van der Waals surface area contributed by atoms with E-state index in [0.717, 1.165) is 24.4 Å². The van der Waals surface area contributed by atoms with Crippen LogP contribution in [-0.2, 0) is 0 Å². The van der Waals surface area contributed by atoms with Gasteiger partial charge >= 0.3 is 0 Å². The highest BCUT2D eigenvalue weighted by Crippen LogP contribution is 2.25. The quantitative estimate of drug-likeness (QED) is 0.917. The first-order valence-electron chi connectivity index (χ1n) is 8.02. The molecule has 0 aliphatic carbocycles. The van der Waals surface area contributed by atoms with Gasteiger partial charge in [0.1, 0.15) is 5.82 Å². The molecule has 1 saturated heterocycles. The Kier molecular flexibility index (Phi) is 4.59. The topological polar surface area (TPSA) is 82.2 Å². The lowest BCUT2D eigenvalue weighted by Crippen LogP contribution is -2.39. The summed E-state index contributed by atoms with van der Waals surface area (Å²) < 4.78 is 0. The maximum Gasteiger partial charge on any atom is 0.255 e. The number of pyridine rings is 1. The van der Waals surface area contributed by atoms with Gasteiger partial charge in [-0.2, -0.15) is 0 Å². The third kappa shape index (κ3) is 3.45. The van der Waals surface area contributed by atoms with Crippen molar-refractivity contribution < 1.29 is 4.79 Å². The zero-order valence-electron chi connectivity index (χ0n) is 13.9. The fourth-order valence-corrected chi connectivity index (χ4v) is 2.97. The number of carbonyl (C=O) groups is 1. The lowest BCUT2D eigenvalue weighted by Gasteiger charge is -2.32. The minimum Gasteiger partial charge on any atom is -0.363 e. The molecule has 0 saturated carbocycles. The summed E-state index contributed by atoms with van der Waals surface area (Å²) in [4.78, 5) is 39.0. The van der Waals surface area contributed by atoms with Crippen LogP contribution < -0.4 is 10.5 Å². The van der Waals surface area contributed by atoms with Crippen LogP contribution in [0.2, 0.25) is 0 Å². The summed E-state index contributed by atoms with van der Waals surface area (Å²) in [5, 5.41) is 0. The van der Waals surface area contributed by atoms with Crippen molar-refractivity contribution in [2.45, 2.75) is 18.8 Å². The van der Waals surface area contributed by atoms with E-state index in [4.69, 9.17) is 0 Å². The molecule has 1 amide bonds. The van der Waals surface area contributed by atoms with Crippen LogP contribution in [0.4, 0.5) is 5.82 Å². The molecule has 0 aromatic carbocycles. The highest BCUT2D eigenvalue weighted by atomic mass is 16.2. The zero-order chi connectivity index (χ0) is 17.1. The third-order valence-electron chi connectivity index (χ3n) is 4.28. The molecule has 24 heavy (non-hydrogen) atoms. The number of nitrogens with zero attached hydrogens (tertiary/aromatic N) is 4. The Morgan fingerprint density at radius 2 is 2.17 bits per heavy atom. The number of rotatable bonds is 3. The van der Waals surface area contributed by atoms with Gasteiger partial charge in [-0.1, -0.05) is 0 Å². The molecule has 0 radical (unpaired) electrons. The van der Waals surface area contributed by atoms with Gasteiger partial charge < -0.3 is 14.8 Å². The summed E-state index contributed by atoms with van der Waals surface area (Å²) in [5.74, 6) is 0.886. The van der Waals surface area contributed by atoms with Crippen LogP contribution in [0.5, 0.6) is 0 Å². The van der Waals surface area contributed by atoms with Crippen LogP contribution in [0.15, 0.2) is 35.5 Å². The lowest BCUT2D eigenvalue weighted by molar-refractivity contribution is 0.0705. The molecule has 1 N–H and O–H groups in total. The number of anilines is 1. The average molecular weight is 327 g/mol. The van der Waals surface area contributed by atoms with Gasteiger partial charge in [-0.15, -0.1) is 0 Å². The van der Waals surface area contributed by atoms with E-state index in [2.05, 4.69) is 15.0 Å². The molecule has 126 valence electrons. The standard InChI is InChI=1S/C17H21N5O2/c1-21(2)15-6-5-12(9-18-15)17(24)22-7-3-4-13(10-22)14-8-16(23)20-11-19-14/h5-6,8-9,11,13H,3-4,7,10H2,1-2H3,(H,19,20,23)/t13-/m0/s1. The van der Waals surface area contributed by atoms with E-state index in [1.165, 1.54) is 12.4 Å². The summed E-state index contributed by atoms with van der Waals surface area (Å²) >= 11 is 0. The second-order valence-electron chi connectivity index (χ2n) is 6.23. The minimum atomic E-state index is -0.160. The van der Waals surface area contributed by atoms with Gasteiger partial charge in [0.05, 0.1) is 17.6 Å². The second-order valence-corrected chi connectivity index (χ2v) is 6.23. The smallest absolute Gasteiger partial charge is 0.255 e. The van der Waals surface area contributed by atoms with Crippen LogP contribution in [0.1, 0.15) is 34.8 Å². The van der Waals surface area contributed by atoms with E-state index in [0.29, 0.717) is 18.7 Å². The monoisotopic (exact) mass is 327 g/mol. The second kappa shape index (κ2) is 6.82. The maximum absolute atomic E-state index is 12.7. The summed E-state index contributed by atoms with van der Waals surface area (Å²) in [6.45, 7) is 1.29. The van der Waals surface area contributed by atoms with E-state index in [-0.39, 0.29) is 17.4 Å². The van der Waals surface area contributed by atoms with Crippen LogP contribution >= 0.6 is 0 Å². The Hall–Kier alpha value is -2.70. The number of piperidine rings is 1. The van der Waals surface area contributed by atoms with Crippen LogP contribution in [0.3, 0.4) is 0 Å². The van der Waals surface area contributed by atoms with Gasteiger partial charge in [-0.05, 0) is 25.0 Å². The SMILES string of the molecule is CN(C)c1ccc(C(=O)N2CCC[C@H](c3cc(=O)[nH]cn3)C2)cn1. The maximum atomic E-state index is 12.7. The number of aromatic nitrogens is 3. The van der Waals surface area contributed by atoms with Gasteiger partial charge in [-0.25, -0.2) is 9.97 Å². The Labute approximate surface area is 140 Å². The molecular weight excluding hydrogens is 306 g/mol. The number of hydrogen-bond donors (Lipinski definition) is 1. The number of nitrogens with one attached hydrogen (secondary N) is 1. The zero-order valence-corrected chi connectivity index (χ0v) is 13.9. The highest BCUT2D eigenvalue weighted by Gasteiger charge is 2.26. The van der Waals surface area contributed by atoms with E-state index in [1.807, 2.05) is 30.0 Å². The molecule has 7 nitrogen and oxygen atoms in total. The normalized spacial score (nSPS) is 17.6. The predicted octanol–water partition coefficient (Wildman–Crippen LogP) is 1.25. The molecule has 1 aliphatic heterocycles. The highest BCUT2D eigenvalue weighted by molar-refractivity contribution is 5.94. The molecule has 3 heterocycles. The molecule has 1 fully saturated rings. The fraction of sp³-hybridized carbons (Fsp3) is 0.412. The van der Waals surface area contributed by atoms with Crippen molar-refractivity contribution in [2.24, 2.45) is 0 Å². The van der Waals surface area contributed by atoms with Gasteiger partial charge in [0.25, 0.3) is 11.5 Å². The van der Waals surface area contributed by atoms with Crippen LogP contribution in [0.25, 0.3) is 0 Å². The van der Waals surface area contributed by atoms with Gasteiger partial charge in [0.2, 0.25) is 0 Å². The number of aromatic amines is 1. The Morgan fingerprint density at radius 3 is 2.83 bits per heavy atom. The van der Waals surface area contributed by atoms with E-state index < -0.39 is 0 Å². The van der Waals surface area contributed by atoms with E-state index >= 15 is 0 Å². The van der Waals surface area contributed by atoms with Gasteiger partial charge in [-0.3, -0.25) is 9.59 Å². The first kappa shape index (κ1) is 16.2. The number of carbonyl (C=O) groups excluding carboxylic acids is 1. The number of likely N-dealkylation sites (tertiary alicyclic amines) is 1. The number of hydrogen-bond acceptors (Lipinski definition) is 5. The van der Waals surface area contributed by atoms with Crippen LogP contribution in [-0.4, -0.2) is 52.9 Å².